The molecule has 110 valence electrons. The Balaban J connectivity index is 1.98. The zero-order valence-corrected chi connectivity index (χ0v) is 13.2. The molecule has 0 fully saturated rings. The highest BCUT2D eigenvalue weighted by Crippen LogP contribution is 2.16. The number of amides is 1. The lowest BCUT2D eigenvalue weighted by molar-refractivity contribution is -0.116. The number of carbonyl (C=O) groups excluding carboxylic acids is 1. The van der Waals surface area contributed by atoms with Crippen LogP contribution in [0.1, 0.15) is 18.1 Å². The van der Waals surface area contributed by atoms with Crippen LogP contribution in [-0.2, 0) is 4.79 Å². The van der Waals surface area contributed by atoms with Gasteiger partial charge in [-0.15, -0.1) is 0 Å². The van der Waals surface area contributed by atoms with Crippen molar-refractivity contribution in [2.24, 2.45) is 0 Å². The summed E-state index contributed by atoms with van der Waals surface area (Å²) in [6, 6.07) is 12.8. The summed E-state index contributed by atoms with van der Waals surface area (Å²) in [4.78, 5) is 12.2. The van der Waals surface area contributed by atoms with Crippen LogP contribution in [-0.4, -0.2) is 11.9 Å². The van der Waals surface area contributed by atoms with Crippen molar-refractivity contribution in [3.8, 4) is 0 Å². The smallest absolute Gasteiger partial charge is 0.246 e. The Labute approximate surface area is 130 Å². The van der Waals surface area contributed by atoms with Gasteiger partial charge >= 0.3 is 0 Å². The molecule has 0 aliphatic rings. The molecule has 0 saturated carbocycles. The van der Waals surface area contributed by atoms with Crippen molar-refractivity contribution in [1.29, 1.82) is 0 Å². The minimum absolute atomic E-state index is 0.0757. The molecule has 0 radical (unpaired) electrons. The number of rotatable bonds is 4. The summed E-state index contributed by atoms with van der Waals surface area (Å²) in [6.07, 6.45) is 0. The van der Waals surface area contributed by atoms with Gasteiger partial charge in [-0.1, -0.05) is 17.7 Å². The topological polar surface area (TPSA) is 41.1 Å². The first-order valence-electron chi connectivity index (χ1n) is 6.86. The van der Waals surface area contributed by atoms with E-state index in [1.165, 1.54) is 5.56 Å². The maximum Gasteiger partial charge on any atom is 0.246 e. The van der Waals surface area contributed by atoms with E-state index in [4.69, 9.17) is 11.6 Å². The van der Waals surface area contributed by atoms with Gasteiger partial charge in [0.05, 0.1) is 0 Å². The normalized spacial score (nSPS) is 11.8. The van der Waals surface area contributed by atoms with Crippen LogP contribution in [0.15, 0.2) is 42.5 Å². The molecule has 0 heterocycles. The van der Waals surface area contributed by atoms with E-state index in [-0.39, 0.29) is 11.9 Å². The highest BCUT2D eigenvalue weighted by atomic mass is 35.5. The van der Waals surface area contributed by atoms with E-state index in [9.17, 15) is 4.79 Å². The van der Waals surface area contributed by atoms with Crippen molar-refractivity contribution in [2.45, 2.75) is 26.8 Å². The van der Waals surface area contributed by atoms with E-state index >= 15 is 0 Å². The number of carbonyl (C=O) groups is 1. The van der Waals surface area contributed by atoms with Gasteiger partial charge in [-0.2, -0.15) is 0 Å². The third-order valence-electron chi connectivity index (χ3n) is 3.40. The van der Waals surface area contributed by atoms with Crippen molar-refractivity contribution < 1.29 is 4.79 Å². The average Bonchev–Trinajstić information content (AvgIpc) is 2.45. The Kier molecular flexibility index (Phi) is 4.86. The zero-order chi connectivity index (χ0) is 15.4. The summed E-state index contributed by atoms with van der Waals surface area (Å²) in [7, 11) is 0. The number of halogens is 1. The first-order valence-corrected chi connectivity index (χ1v) is 7.24. The summed E-state index contributed by atoms with van der Waals surface area (Å²) < 4.78 is 0. The SMILES string of the molecule is Cc1ccc(NC(=O)[C@H](C)Nc2ccc(Cl)cc2)cc1C. The third kappa shape index (κ3) is 4.23. The summed E-state index contributed by atoms with van der Waals surface area (Å²) >= 11 is 5.84. The monoisotopic (exact) mass is 302 g/mol. The molecular weight excluding hydrogens is 284 g/mol. The summed E-state index contributed by atoms with van der Waals surface area (Å²) in [5.41, 5.74) is 4.04. The number of aryl methyl sites for hydroxylation is 2. The van der Waals surface area contributed by atoms with Crippen LogP contribution in [0.2, 0.25) is 5.02 Å². The van der Waals surface area contributed by atoms with E-state index < -0.39 is 0 Å². The molecule has 4 heteroatoms. The highest BCUT2D eigenvalue weighted by molar-refractivity contribution is 6.30. The first-order chi connectivity index (χ1) is 9.95. The quantitative estimate of drug-likeness (QED) is 0.879. The molecule has 2 N–H and O–H groups in total. The Morgan fingerprint density at radius 2 is 1.62 bits per heavy atom. The Morgan fingerprint density at radius 1 is 1.00 bits per heavy atom. The number of benzene rings is 2. The molecule has 0 saturated heterocycles. The van der Waals surface area contributed by atoms with Crippen LogP contribution in [0.25, 0.3) is 0 Å². The van der Waals surface area contributed by atoms with Crippen molar-refractivity contribution >= 4 is 28.9 Å². The summed E-state index contributed by atoms with van der Waals surface area (Å²) in [5.74, 6) is -0.0757. The van der Waals surface area contributed by atoms with Gasteiger partial charge in [-0.3, -0.25) is 4.79 Å². The standard InChI is InChI=1S/C17H19ClN2O/c1-11-4-7-16(10-12(11)2)20-17(21)13(3)19-15-8-5-14(18)6-9-15/h4-10,13,19H,1-3H3,(H,20,21)/t13-/m0/s1. The summed E-state index contributed by atoms with van der Waals surface area (Å²) in [5, 5.41) is 6.73. The van der Waals surface area contributed by atoms with E-state index in [0.29, 0.717) is 5.02 Å². The molecule has 0 unspecified atom stereocenters. The minimum atomic E-state index is -0.340. The lowest BCUT2D eigenvalue weighted by atomic mass is 10.1. The van der Waals surface area contributed by atoms with Crippen LogP contribution in [0, 0.1) is 13.8 Å². The van der Waals surface area contributed by atoms with Gasteiger partial charge in [0.2, 0.25) is 5.91 Å². The second kappa shape index (κ2) is 6.64. The van der Waals surface area contributed by atoms with Gasteiger partial charge in [0, 0.05) is 16.4 Å². The molecule has 2 aromatic carbocycles. The molecule has 2 aromatic rings. The Bertz CT molecular complexity index is 638. The van der Waals surface area contributed by atoms with Gasteiger partial charge in [-0.05, 0) is 68.3 Å². The van der Waals surface area contributed by atoms with Crippen LogP contribution in [0.5, 0.6) is 0 Å². The Hall–Kier alpha value is -2.00. The number of hydrogen-bond acceptors (Lipinski definition) is 2. The molecular formula is C17H19ClN2O. The van der Waals surface area contributed by atoms with Gasteiger partial charge in [-0.25, -0.2) is 0 Å². The molecule has 2 rings (SSSR count). The lowest BCUT2D eigenvalue weighted by Gasteiger charge is -2.16. The van der Waals surface area contributed by atoms with Crippen LogP contribution in [0.3, 0.4) is 0 Å². The van der Waals surface area contributed by atoms with Crippen molar-refractivity contribution in [3.63, 3.8) is 0 Å². The van der Waals surface area contributed by atoms with Gasteiger partial charge in [0.25, 0.3) is 0 Å². The van der Waals surface area contributed by atoms with Crippen molar-refractivity contribution in [1.82, 2.24) is 0 Å². The second-order valence-electron chi connectivity index (χ2n) is 5.16. The molecule has 0 aliphatic carbocycles. The molecule has 0 spiro atoms. The number of anilines is 2. The molecule has 0 aliphatic heterocycles. The molecule has 1 atom stereocenters. The van der Waals surface area contributed by atoms with Crippen LogP contribution < -0.4 is 10.6 Å². The molecule has 0 aromatic heterocycles. The largest absolute Gasteiger partial charge is 0.374 e. The molecule has 0 bridgehead atoms. The van der Waals surface area contributed by atoms with E-state index in [0.717, 1.165) is 16.9 Å². The van der Waals surface area contributed by atoms with E-state index in [1.807, 2.05) is 51.1 Å². The van der Waals surface area contributed by atoms with Gasteiger partial charge < -0.3 is 10.6 Å². The van der Waals surface area contributed by atoms with Crippen LogP contribution >= 0.6 is 11.6 Å². The second-order valence-corrected chi connectivity index (χ2v) is 5.60. The molecule has 21 heavy (non-hydrogen) atoms. The van der Waals surface area contributed by atoms with Crippen molar-refractivity contribution in [2.75, 3.05) is 10.6 Å². The third-order valence-corrected chi connectivity index (χ3v) is 3.65. The van der Waals surface area contributed by atoms with E-state index in [2.05, 4.69) is 10.6 Å². The summed E-state index contributed by atoms with van der Waals surface area (Å²) in [6.45, 7) is 5.90. The fraction of sp³-hybridized carbons (Fsp3) is 0.235. The Morgan fingerprint density at radius 3 is 2.24 bits per heavy atom. The van der Waals surface area contributed by atoms with E-state index in [1.54, 1.807) is 12.1 Å². The predicted molar refractivity (Wildman–Crippen MR) is 89.1 cm³/mol. The minimum Gasteiger partial charge on any atom is -0.374 e. The lowest BCUT2D eigenvalue weighted by Crippen LogP contribution is -2.31. The maximum absolute atomic E-state index is 12.2. The zero-order valence-electron chi connectivity index (χ0n) is 12.4. The number of nitrogens with one attached hydrogen (secondary N) is 2. The highest BCUT2D eigenvalue weighted by Gasteiger charge is 2.13. The van der Waals surface area contributed by atoms with Crippen LogP contribution in [0.4, 0.5) is 11.4 Å². The predicted octanol–water partition coefficient (Wildman–Crippen LogP) is 4.40. The fourth-order valence-corrected chi connectivity index (χ4v) is 2.06. The van der Waals surface area contributed by atoms with Gasteiger partial charge in [0.1, 0.15) is 6.04 Å². The molecule has 3 nitrogen and oxygen atoms in total. The average molecular weight is 303 g/mol. The molecule has 1 amide bonds. The number of hydrogen-bond donors (Lipinski definition) is 2. The fourth-order valence-electron chi connectivity index (χ4n) is 1.93. The van der Waals surface area contributed by atoms with Crippen molar-refractivity contribution in [3.05, 3.63) is 58.6 Å². The first kappa shape index (κ1) is 15.4. The maximum atomic E-state index is 12.2. The van der Waals surface area contributed by atoms with Gasteiger partial charge in [0.15, 0.2) is 0 Å².